The molecule has 112 valence electrons. The molecule has 1 aromatic rings. The highest BCUT2D eigenvalue weighted by Gasteiger charge is 2.15. The van der Waals surface area contributed by atoms with Crippen molar-refractivity contribution in [3.63, 3.8) is 0 Å². The number of benzene rings is 1. The van der Waals surface area contributed by atoms with E-state index in [0.29, 0.717) is 18.9 Å². The standard InChI is InChI=1S/C14H22N2O3S/c1-14(2,3)15-10-11-9-12(16(17)18)5-6-13(11)19-7-8-20-4/h5-6,9,15H,7-8,10H2,1-4H3. The summed E-state index contributed by atoms with van der Waals surface area (Å²) in [6.07, 6.45) is 2.02. The summed E-state index contributed by atoms with van der Waals surface area (Å²) in [4.78, 5) is 10.5. The number of hydrogen-bond acceptors (Lipinski definition) is 5. The van der Waals surface area contributed by atoms with Gasteiger partial charge in [0.25, 0.3) is 5.69 Å². The Balaban J connectivity index is 2.88. The fourth-order valence-corrected chi connectivity index (χ4v) is 1.80. The van der Waals surface area contributed by atoms with E-state index in [9.17, 15) is 10.1 Å². The van der Waals surface area contributed by atoms with E-state index in [0.717, 1.165) is 11.3 Å². The molecule has 0 aliphatic carbocycles. The van der Waals surface area contributed by atoms with Crippen LogP contribution in [0.4, 0.5) is 5.69 Å². The van der Waals surface area contributed by atoms with Gasteiger partial charge in [-0.05, 0) is 33.1 Å². The molecule has 0 amide bonds. The molecule has 5 nitrogen and oxygen atoms in total. The van der Waals surface area contributed by atoms with Crippen LogP contribution in [-0.4, -0.2) is 29.1 Å². The predicted octanol–water partition coefficient (Wildman–Crippen LogP) is 3.22. The second-order valence-corrected chi connectivity index (χ2v) is 6.48. The van der Waals surface area contributed by atoms with Gasteiger partial charge in [-0.2, -0.15) is 11.8 Å². The third-order valence-corrected chi connectivity index (χ3v) is 3.18. The summed E-state index contributed by atoms with van der Waals surface area (Å²) >= 11 is 1.70. The maximum absolute atomic E-state index is 10.9. The van der Waals surface area contributed by atoms with Gasteiger partial charge in [-0.25, -0.2) is 0 Å². The van der Waals surface area contributed by atoms with Crippen molar-refractivity contribution in [2.45, 2.75) is 32.9 Å². The molecule has 1 N–H and O–H groups in total. The lowest BCUT2D eigenvalue weighted by Gasteiger charge is -2.21. The van der Waals surface area contributed by atoms with Crippen LogP contribution in [0, 0.1) is 10.1 Å². The SMILES string of the molecule is CSCCOc1ccc([N+](=O)[O-])cc1CNC(C)(C)C. The molecule has 0 spiro atoms. The highest BCUT2D eigenvalue weighted by atomic mass is 32.2. The zero-order valence-corrected chi connectivity index (χ0v) is 13.3. The van der Waals surface area contributed by atoms with E-state index in [1.165, 1.54) is 6.07 Å². The van der Waals surface area contributed by atoms with Crippen molar-refractivity contribution in [3.05, 3.63) is 33.9 Å². The van der Waals surface area contributed by atoms with E-state index in [1.54, 1.807) is 23.9 Å². The van der Waals surface area contributed by atoms with Gasteiger partial charge in [-0.3, -0.25) is 10.1 Å². The van der Waals surface area contributed by atoms with Crippen molar-refractivity contribution in [3.8, 4) is 5.75 Å². The van der Waals surface area contributed by atoms with Crippen LogP contribution in [0.2, 0.25) is 0 Å². The van der Waals surface area contributed by atoms with E-state index < -0.39 is 0 Å². The molecule has 20 heavy (non-hydrogen) atoms. The predicted molar refractivity (Wildman–Crippen MR) is 83.6 cm³/mol. The third-order valence-electron chi connectivity index (χ3n) is 2.61. The number of nitro benzene ring substituents is 1. The zero-order valence-electron chi connectivity index (χ0n) is 12.4. The molecule has 0 atom stereocenters. The lowest BCUT2D eigenvalue weighted by molar-refractivity contribution is -0.384. The first-order valence-corrected chi connectivity index (χ1v) is 7.87. The van der Waals surface area contributed by atoms with E-state index >= 15 is 0 Å². The molecule has 0 aromatic heterocycles. The van der Waals surface area contributed by atoms with Gasteiger partial charge in [-0.1, -0.05) is 0 Å². The second-order valence-electron chi connectivity index (χ2n) is 5.49. The molecule has 0 saturated heterocycles. The zero-order chi connectivity index (χ0) is 15.2. The van der Waals surface area contributed by atoms with Crippen molar-refractivity contribution in [2.24, 2.45) is 0 Å². The summed E-state index contributed by atoms with van der Waals surface area (Å²) in [5, 5.41) is 14.2. The highest BCUT2D eigenvalue weighted by molar-refractivity contribution is 7.98. The van der Waals surface area contributed by atoms with Crippen molar-refractivity contribution in [1.82, 2.24) is 5.32 Å². The first-order valence-electron chi connectivity index (χ1n) is 6.47. The van der Waals surface area contributed by atoms with Gasteiger partial charge in [0.15, 0.2) is 0 Å². The minimum absolute atomic E-state index is 0.0544. The minimum Gasteiger partial charge on any atom is -0.492 e. The van der Waals surface area contributed by atoms with Gasteiger partial charge in [0, 0.05) is 35.5 Å². The van der Waals surface area contributed by atoms with Gasteiger partial charge in [-0.15, -0.1) is 0 Å². The van der Waals surface area contributed by atoms with Crippen LogP contribution in [0.3, 0.4) is 0 Å². The van der Waals surface area contributed by atoms with Gasteiger partial charge in [0.1, 0.15) is 5.75 Å². The number of non-ortho nitro benzene ring substituents is 1. The van der Waals surface area contributed by atoms with Crippen LogP contribution in [-0.2, 0) is 6.54 Å². The molecule has 1 rings (SSSR count). The molecule has 0 fully saturated rings. The smallest absolute Gasteiger partial charge is 0.270 e. The average Bonchev–Trinajstić information content (AvgIpc) is 2.36. The van der Waals surface area contributed by atoms with Crippen LogP contribution < -0.4 is 10.1 Å². The fourth-order valence-electron chi connectivity index (χ4n) is 1.55. The van der Waals surface area contributed by atoms with E-state index in [-0.39, 0.29) is 16.1 Å². The molecule has 0 heterocycles. The first kappa shape index (κ1) is 16.8. The Labute approximate surface area is 124 Å². The summed E-state index contributed by atoms with van der Waals surface area (Å²) in [5.41, 5.74) is 0.851. The van der Waals surface area contributed by atoms with Crippen LogP contribution >= 0.6 is 11.8 Å². The van der Waals surface area contributed by atoms with Crippen molar-refractivity contribution >= 4 is 17.4 Å². The molecule has 0 unspecified atom stereocenters. The largest absolute Gasteiger partial charge is 0.492 e. The second kappa shape index (κ2) is 7.50. The van der Waals surface area contributed by atoms with Gasteiger partial charge in [0.2, 0.25) is 0 Å². The molecular weight excluding hydrogens is 276 g/mol. The quantitative estimate of drug-likeness (QED) is 0.475. The molecular formula is C14H22N2O3S. The molecule has 0 saturated carbocycles. The fraction of sp³-hybridized carbons (Fsp3) is 0.571. The topological polar surface area (TPSA) is 64.4 Å². The van der Waals surface area contributed by atoms with Crippen LogP contribution in [0.25, 0.3) is 0 Å². The van der Waals surface area contributed by atoms with Crippen molar-refractivity contribution < 1.29 is 9.66 Å². The Hall–Kier alpha value is -1.27. The van der Waals surface area contributed by atoms with Crippen molar-refractivity contribution in [2.75, 3.05) is 18.6 Å². The average molecular weight is 298 g/mol. The number of nitrogens with one attached hydrogen (secondary N) is 1. The Morgan fingerprint density at radius 1 is 1.40 bits per heavy atom. The lowest BCUT2D eigenvalue weighted by atomic mass is 10.1. The Morgan fingerprint density at radius 3 is 2.65 bits per heavy atom. The van der Waals surface area contributed by atoms with E-state index in [4.69, 9.17) is 4.74 Å². The van der Waals surface area contributed by atoms with E-state index in [2.05, 4.69) is 26.1 Å². The monoisotopic (exact) mass is 298 g/mol. The minimum atomic E-state index is -0.383. The number of hydrogen-bond donors (Lipinski definition) is 1. The molecule has 0 aliphatic rings. The number of ether oxygens (including phenoxy) is 1. The van der Waals surface area contributed by atoms with Crippen LogP contribution in [0.1, 0.15) is 26.3 Å². The molecule has 0 bridgehead atoms. The number of nitro groups is 1. The lowest BCUT2D eigenvalue weighted by Crippen LogP contribution is -2.35. The summed E-state index contributed by atoms with van der Waals surface area (Å²) in [7, 11) is 0. The number of nitrogens with zero attached hydrogens (tertiary/aromatic N) is 1. The van der Waals surface area contributed by atoms with Crippen LogP contribution in [0.15, 0.2) is 18.2 Å². The van der Waals surface area contributed by atoms with Gasteiger partial charge >= 0.3 is 0 Å². The summed E-state index contributed by atoms with van der Waals surface area (Å²) in [5.74, 6) is 1.60. The summed E-state index contributed by atoms with van der Waals surface area (Å²) in [6, 6.07) is 4.74. The van der Waals surface area contributed by atoms with Crippen LogP contribution in [0.5, 0.6) is 5.75 Å². The number of rotatable bonds is 7. The third kappa shape index (κ3) is 5.79. The van der Waals surface area contributed by atoms with E-state index in [1.807, 2.05) is 6.26 Å². The highest BCUT2D eigenvalue weighted by Crippen LogP contribution is 2.25. The molecule has 0 radical (unpaired) electrons. The van der Waals surface area contributed by atoms with Gasteiger partial charge in [0.05, 0.1) is 11.5 Å². The maximum atomic E-state index is 10.9. The van der Waals surface area contributed by atoms with Crippen molar-refractivity contribution in [1.29, 1.82) is 0 Å². The molecule has 1 aromatic carbocycles. The maximum Gasteiger partial charge on any atom is 0.270 e. The summed E-state index contributed by atoms with van der Waals surface area (Å²) in [6.45, 7) is 7.30. The summed E-state index contributed by atoms with van der Waals surface area (Å²) < 4.78 is 5.69. The first-order chi connectivity index (χ1) is 9.33. The molecule has 0 aliphatic heterocycles. The normalized spacial score (nSPS) is 11.4. The Kier molecular flexibility index (Phi) is 6.29. The molecule has 6 heteroatoms. The van der Waals surface area contributed by atoms with Gasteiger partial charge < -0.3 is 10.1 Å². The Bertz CT molecular complexity index is 458. The number of thioether (sulfide) groups is 1. The Morgan fingerprint density at radius 2 is 2.10 bits per heavy atom.